The Morgan fingerprint density at radius 1 is 0.897 bits per heavy atom. The molecule has 0 aromatic heterocycles. The van der Waals surface area contributed by atoms with Crippen LogP contribution in [-0.2, 0) is 11.2 Å². The van der Waals surface area contributed by atoms with E-state index in [-0.39, 0.29) is 17.5 Å². The number of anilines is 1. The van der Waals surface area contributed by atoms with Gasteiger partial charge in [0.2, 0.25) is 0 Å². The molecule has 1 N–H and O–H groups in total. The minimum Gasteiger partial charge on any atom is -0.481 e. The number of halogens is 1. The van der Waals surface area contributed by atoms with Gasteiger partial charge in [0.05, 0.1) is 0 Å². The summed E-state index contributed by atoms with van der Waals surface area (Å²) in [5, 5.41) is 2.82. The molecule has 0 unspecified atom stereocenters. The third-order valence-corrected chi connectivity index (χ3v) is 4.53. The first-order valence-electron chi connectivity index (χ1n) is 9.43. The molecule has 0 aliphatic carbocycles. The minimum atomic E-state index is -0.709. The van der Waals surface area contributed by atoms with Crippen molar-refractivity contribution in [2.75, 3.05) is 5.32 Å². The number of ether oxygens (including phenoxy) is 1. The summed E-state index contributed by atoms with van der Waals surface area (Å²) in [5.41, 5.74) is 2.77. The second-order valence-corrected chi connectivity index (χ2v) is 6.66. The highest BCUT2D eigenvalue weighted by molar-refractivity contribution is 6.09. The highest BCUT2D eigenvalue weighted by atomic mass is 19.1. The molecule has 4 nitrogen and oxygen atoms in total. The molecule has 0 aliphatic rings. The van der Waals surface area contributed by atoms with E-state index in [1.54, 1.807) is 31.2 Å². The third kappa shape index (κ3) is 5.29. The van der Waals surface area contributed by atoms with Crippen LogP contribution in [0.5, 0.6) is 5.75 Å². The quantitative estimate of drug-likeness (QED) is 0.575. The molecular weight excluding hydrogens is 369 g/mol. The number of nitrogens with one attached hydrogen (secondary N) is 1. The molecule has 0 fully saturated rings. The topological polar surface area (TPSA) is 55.4 Å². The molecule has 5 heteroatoms. The zero-order chi connectivity index (χ0) is 20.8. The number of ketones is 1. The zero-order valence-electron chi connectivity index (χ0n) is 16.3. The molecule has 0 bridgehead atoms. The monoisotopic (exact) mass is 391 g/mol. The first-order valence-corrected chi connectivity index (χ1v) is 9.43. The van der Waals surface area contributed by atoms with E-state index >= 15 is 0 Å². The van der Waals surface area contributed by atoms with Gasteiger partial charge in [0.25, 0.3) is 5.91 Å². The Morgan fingerprint density at radius 2 is 1.45 bits per heavy atom. The molecule has 0 heterocycles. The minimum absolute atomic E-state index is 0.210. The van der Waals surface area contributed by atoms with Crippen LogP contribution < -0.4 is 10.1 Å². The SMILES string of the molecule is CCc1ccc(NC(=O)[C@H](C)Oc2ccc(C(=O)c3ccc(F)cc3)cc2)cc1. The molecule has 0 aliphatic heterocycles. The maximum absolute atomic E-state index is 13.0. The maximum atomic E-state index is 13.0. The second kappa shape index (κ2) is 9.15. The van der Waals surface area contributed by atoms with E-state index in [0.717, 1.165) is 6.42 Å². The summed E-state index contributed by atoms with van der Waals surface area (Å²) >= 11 is 0. The summed E-state index contributed by atoms with van der Waals surface area (Å²) in [6.45, 7) is 3.73. The second-order valence-electron chi connectivity index (χ2n) is 6.66. The number of hydrogen-bond acceptors (Lipinski definition) is 3. The molecule has 0 radical (unpaired) electrons. The summed E-state index contributed by atoms with van der Waals surface area (Å²) in [7, 11) is 0. The van der Waals surface area contributed by atoms with Crippen LogP contribution in [0.25, 0.3) is 0 Å². The standard InChI is InChI=1S/C24H22FNO3/c1-3-17-4-12-21(13-5-17)26-24(28)16(2)29-22-14-8-19(9-15-22)23(27)18-6-10-20(25)11-7-18/h4-16H,3H2,1-2H3,(H,26,28)/t16-/m0/s1. The fourth-order valence-electron chi connectivity index (χ4n) is 2.78. The summed E-state index contributed by atoms with van der Waals surface area (Å²) < 4.78 is 18.7. The number of carbonyl (C=O) groups is 2. The molecule has 1 atom stereocenters. The molecule has 3 rings (SSSR count). The summed E-state index contributed by atoms with van der Waals surface area (Å²) in [4.78, 5) is 24.8. The maximum Gasteiger partial charge on any atom is 0.265 e. The van der Waals surface area contributed by atoms with Crippen LogP contribution in [0, 0.1) is 5.82 Å². The average Bonchev–Trinajstić information content (AvgIpc) is 2.75. The Hall–Kier alpha value is -3.47. The van der Waals surface area contributed by atoms with Crippen molar-refractivity contribution in [1.29, 1.82) is 0 Å². The van der Waals surface area contributed by atoms with Crippen LogP contribution in [-0.4, -0.2) is 17.8 Å². The van der Waals surface area contributed by atoms with Crippen molar-refractivity contribution in [2.45, 2.75) is 26.4 Å². The van der Waals surface area contributed by atoms with Crippen molar-refractivity contribution in [1.82, 2.24) is 0 Å². The van der Waals surface area contributed by atoms with Gasteiger partial charge in [-0.1, -0.05) is 19.1 Å². The van der Waals surface area contributed by atoms with Gasteiger partial charge in [-0.05, 0) is 79.6 Å². The predicted octanol–water partition coefficient (Wildman–Crippen LogP) is 5.03. The van der Waals surface area contributed by atoms with Gasteiger partial charge < -0.3 is 10.1 Å². The Balaban J connectivity index is 1.60. The van der Waals surface area contributed by atoms with Crippen LogP contribution in [0.2, 0.25) is 0 Å². The predicted molar refractivity (Wildman–Crippen MR) is 111 cm³/mol. The first-order chi connectivity index (χ1) is 14.0. The highest BCUT2D eigenvalue weighted by Gasteiger charge is 2.16. The molecule has 3 aromatic carbocycles. The van der Waals surface area contributed by atoms with Gasteiger partial charge in [-0.25, -0.2) is 4.39 Å². The van der Waals surface area contributed by atoms with E-state index in [1.165, 1.54) is 29.8 Å². The Morgan fingerprint density at radius 3 is 2.00 bits per heavy atom. The van der Waals surface area contributed by atoms with Gasteiger partial charge in [0, 0.05) is 16.8 Å². The zero-order valence-corrected chi connectivity index (χ0v) is 16.3. The fourth-order valence-corrected chi connectivity index (χ4v) is 2.78. The van der Waals surface area contributed by atoms with Gasteiger partial charge in [-0.15, -0.1) is 0 Å². The van der Waals surface area contributed by atoms with E-state index in [4.69, 9.17) is 4.74 Å². The molecule has 29 heavy (non-hydrogen) atoms. The van der Waals surface area contributed by atoms with E-state index in [9.17, 15) is 14.0 Å². The third-order valence-electron chi connectivity index (χ3n) is 4.53. The van der Waals surface area contributed by atoms with E-state index in [1.807, 2.05) is 24.3 Å². The molecule has 3 aromatic rings. The molecule has 0 spiro atoms. The molecule has 0 saturated heterocycles. The van der Waals surface area contributed by atoms with Crippen molar-refractivity contribution in [2.24, 2.45) is 0 Å². The Kier molecular flexibility index (Phi) is 6.39. The largest absolute Gasteiger partial charge is 0.481 e. The lowest BCUT2D eigenvalue weighted by atomic mass is 10.0. The summed E-state index contributed by atoms with van der Waals surface area (Å²) in [6, 6.07) is 19.6. The van der Waals surface area contributed by atoms with Gasteiger partial charge in [-0.3, -0.25) is 9.59 Å². The number of aryl methyl sites for hydroxylation is 1. The summed E-state index contributed by atoms with van der Waals surface area (Å²) in [6.07, 6.45) is 0.229. The van der Waals surface area contributed by atoms with Crippen molar-refractivity contribution in [3.8, 4) is 5.75 Å². The van der Waals surface area contributed by atoms with Crippen LogP contribution in [0.15, 0.2) is 72.8 Å². The van der Waals surface area contributed by atoms with Crippen LogP contribution >= 0.6 is 0 Å². The average molecular weight is 391 g/mol. The van der Waals surface area contributed by atoms with E-state index < -0.39 is 6.10 Å². The van der Waals surface area contributed by atoms with Gasteiger partial charge in [0.1, 0.15) is 11.6 Å². The fraction of sp³-hybridized carbons (Fsp3) is 0.167. The number of benzene rings is 3. The van der Waals surface area contributed by atoms with Crippen LogP contribution in [0.4, 0.5) is 10.1 Å². The summed E-state index contributed by atoms with van der Waals surface area (Å²) in [5.74, 6) is -0.387. The van der Waals surface area contributed by atoms with E-state index in [0.29, 0.717) is 22.6 Å². The van der Waals surface area contributed by atoms with Crippen molar-refractivity contribution < 1.29 is 18.7 Å². The van der Waals surface area contributed by atoms with E-state index in [2.05, 4.69) is 12.2 Å². The van der Waals surface area contributed by atoms with Gasteiger partial charge in [-0.2, -0.15) is 0 Å². The number of amides is 1. The van der Waals surface area contributed by atoms with Crippen LogP contribution in [0.3, 0.4) is 0 Å². The van der Waals surface area contributed by atoms with Crippen LogP contribution in [0.1, 0.15) is 35.3 Å². The Labute approximate surface area is 169 Å². The lowest BCUT2D eigenvalue weighted by Gasteiger charge is -2.15. The van der Waals surface area contributed by atoms with Gasteiger partial charge >= 0.3 is 0 Å². The molecule has 148 valence electrons. The smallest absolute Gasteiger partial charge is 0.265 e. The van der Waals surface area contributed by atoms with Crippen molar-refractivity contribution in [3.63, 3.8) is 0 Å². The Bertz CT molecular complexity index is 980. The van der Waals surface area contributed by atoms with Crippen molar-refractivity contribution >= 4 is 17.4 Å². The number of rotatable bonds is 7. The van der Waals surface area contributed by atoms with Crippen molar-refractivity contribution in [3.05, 3.63) is 95.3 Å². The number of hydrogen-bond donors (Lipinski definition) is 1. The normalized spacial score (nSPS) is 11.6. The molecule has 0 saturated carbocycles. The number of carbonyl (C=O) groups excluding carboxylic acids is 2. The lowest BCUT2D eigenvalue weighted by Crippen LogP contribution is -2.30. The van der Waals surface area contributed by atoms with Gasteiger partial charge in [0.15, 0.2) is 11.9 Å². The first kappa shape index (κ1) is 20.3. The highest BCUT2D eigenvalue weighted by Crippen LogP contribution is 2.18. The molecule has 1 amide bonds. The lowest BCUT2D eigenvalue weighted by molar-refractivity contribution is -0.122. The molecular formula is C24H22FNO3.